The molecule has 0 saturated heterocycles. The number of imidazole rings is 1. The van der Waals surface area contributed by atoms with Gasteiger partial charge < -0.3 is 15.0 Å². The van der Waals surface area contributed by atoms with Crippen LogP contribution in [0.2, 0.25) is 5.02 Å². The molecule has 24 heavy (non-hydrogen) atoms. The molecular weight excluding hydrogens is 326 g/mol. The first kappa shape index (κ1) is 16.2. The van der Waals surface area contributed by atoms with Crippen molar-refractivity contribution in [2.45, 2.75) is 12.6 Å². The van der Waals surface area contributed by atoms with Crippen LogP contribution in [0.25, 0.3) is 0 Å². The summed E-state index contributed by atoms with van der Waals surface area (Å²) >= 11 is 5.82. The molecule has 0 aliphatic rings. The largest absolute Gasteiger partial charge is 0.380 e. The van der Waals surface area contributed by atoms with Gasteiger partial charge in [-0.2, -0.15) is 0 Å². The van der Waals surface area contributed by atoms with Crippen LogP contribution in [0.3, 0.4) is 0 Å². The Bertz CT molecular complexity index is 816. The van der Waals surface area contributed by atoms with Gasteiger partial charge in [-0.05, 0) is 29.8 Å². The van der Waals surface area contributed by atoms with E-state index in [0.29, 0.717) is 16.5 Å². The van der Waals surface area contributed by atoms with E-state index in [1.54, 1.807) is 41.2 Å². The van der Waals surface area contributed by atoms with Crippen molar-refractivity contribution < 1.29 is 9.90 Å². The molecule has 6 heteroatoms. The number of aromatic nitrogens is 2. The zero-order valence-electron chi connectivity index (χ0n) is 12.8. The van der Waals surface area contributed by atoms with Gasteiger partial charge in [0.25, 0.3) is 0 Å². The van der Waals surface area contributed by atoms with Crippen molar-refractivity contribution >= 4 is 23.2 Å². The molecule has 0 aliphatic heterocycles. The van der Waals surface area contributed by atoms with Crippen LogP contribution in [0.5, 0.6) is 0 Å². The summed E-state index contributed by atoms with van der Waals surface area (Å²) in [6.45, 7) is 0.0574. The van der Waals surface area contributed by atoms with Crippen LogP contribution >= 0.6 is 11.6 Å². The molecule has 1 atom stereocenters. The summed E-state index contributed by atoms with van der Waals surface area (Å²) in [5, 5.41) is 13.9. The number of hydrogen-bond acceptors (Lipinski definition) is 3. The highest BCUT2D eigenvalue weighted by Gasteiger charge is 2.17. The number of hydrogen-bond donors (Lipinski definition) is 2. The predicted octanol–water partition coefficient (Wildman–Crippen LogP) is 3.26. The van der Waals surface area contributed by atoms with Gasteiger partial charge in [0.2, 0.25) is 5.91 Å². The maximum Gasteiger partial charge on any atom is 0.244 e. The molecule has 0 fully saturated rings. The summed E-state index contributed by atoms with van der Waals surface area (Å²) in [4.78, 5) is 16.4. The lowest BCUT2D eigenvalue weighted by atomic mass is 10.1. The number of rotatable bonds is 5. The predicted molar refractivity (Wildman–Crippen MR) is 92.8 cm³/mol. The zero-order valence-corrected chi connectivity index (χ0v) is 13.5. The molecule has 3 aromatic rings. The Labute approximate surface area is 144 Å². The minimum absolute atomic E-state index is 0.0574. The van der Waals surface area contributed by atoms with Crippen LogP contribution in [-0.4, -0.2) is 20.6 Å². The molecule has 0 spiro atoms. The minimum Gasteiger partial charge on any atom is -0.380 e. The van der Waals surface area contributed by atoms with Crippen molar-refractivity contribution in [3.8, 4) is 0 Å². The third-order valence-electron chi connectivity index (χ3n) is 3.55. The third kappa shape index (κ3) is 3.82. The quantitative estimate of drug-likeness (QED) is 0.748. The van der Waals surface area contributed by atoms with E-state index in [4.69, 9.17) is 11.6 Å². The van der Waals surface area contributed by atoms with Crippen molar-refractivity contribution in [1.82, 2.24) is 9.55 Å². The first-order chi connectivity index (χ1) is 11.6. The molecule has 0 saturated carbocycles. The smallest absolute Gasteiger partial charge is 0.244 e. The van der Waals surface area contributed by atoms with Crippen molar-refractivity contribution in [1.29, 1.82) is 0 Å². The van der Waals surface area contributed by atoms with Crippen LogP contribution in [0.15, 0.2) is 67.0 Å². The van der Waals surface area contributed by atoms with E-state index in [1.807, 2.05) is 30.3 Å². The summed E-state index contributed by atoms with van der Waals surface area (Å²) in [7, 11) is 0. The lowest BCUT2D eigenvalue weighted by Crippen LogP contribution is -2.21. The van der Waals surface area contributed by atoms with E-state index >= 15 is 0 Å². The Kier molecular flexibility index (Phi) is 4.93. The highest BCUT2D eigenvalue weighted by atomic mass is 35.5. The summed E-state index contributed by atoms with van der Waals surface area (Å²) in [6, 6.07) is 16.1. The molecule has 1 amide bonds. The van der Waals surface area contributed by atoms with Gasteiger partial charge in [-0.1, -0.05) is 41.9 Å². The van der Waals surface area contributed by atoms with E-state index in [2.05, 4.69) is 10.3 Å². The van der Waals surface area contributed by atoms with Gasteiger partial charge in [0.1, 0.15) is 18.5 Å². The molecule has 0 radical (unpaired) electrons. The van der Waals surface area contributed by atoms with Crippen molar-refractivity contribution in [3.63, 3.8) is 0 Å². The Morgan fingerprint density at radius 2 is 1.88 bits per heavy atom. The molecule has 0 aliphatic carbocycles. The number of aliphatic hydroxyl groups excluding tert-OH is 1. The number of halogens is 1. The molecule has 2 aromatic carbocycles. The van der Waals surface area contributed by atoms with Crippen LogP contribution < -0.4 is 5.32 Å². The monoisotopic (exact) mass is 341 g/mol. The summed E-state index contributed by atoms with van der Waals surface area (Å²) in [5.74, 6) is 0.212. The second-order valence-corrected chi connectivity index (χ2v) is 5.72. The number of anilines is 1. The molecular formula is C18H16ClN3O2. The lowest BCUT2D eigenvalue weighted by Gasteiger charge is -2.13. The second kappa shape index (κ2) is 7.29. The fourth-order valence-corrected chi connectivity index (χ4v) is 2.50. The Morgan fingerprint density at radius 3 is 2.58 bits per heavy atom. The molecule has 1 heterocycles. The van der Waals surface area contributed by atoms with Gasteiger partial charge in [-0.3, -0.25) is 4.79 Å². The number of benzene rings is 2. The number of aliphatic hydroxyl groups is 1. The van der Waals surface area contributed by atoms with Gasteiger partial charge >= 0.3 is 0 Å². The molecule has 5 nitrogen and oxygen atoms in total. The average Bonchev–Trinajstić information content (AvgIpc) is 3.05. The fourth-order valence-electron chi connectivity index (χ4n) is 2.37. The van der Waals surface area contributed by atoms with Gasteiger partial charge in [-0.25, -0.2) is 4.98 Å². The first-order valence-corrected chi connectivity index (χ1v) is 7.81. The van der Waals surface area contributed by atoms with Crippen LogP contribution in [0, 0.1) is 0 Å². The van der Waals surface area contributed by atoms with E-state index in [1.165, 1.54) is 0 Å². The Morgan fingerprint density at radius 1 is 1.17 bits per heavy atom. The van der Waals surface area contributed by atoms with E-state index in [-0.39, 0.29) is 12.5 Å². The van der Waals surface area contributed by atoms with E-state index < -0.39 is 6.10 Å². The van der Waals surface area contributed by atoms with Gasteiger partial charge in [0, 0.05) is 23.1 Å². The molecule has 0 bridgehead atoms. The summed E-state index contributed by atoms with van der Waals surface area (Å²) < 4.78 is 1.63. The SMILES string of the molecule is O=C(Cn1ccnc1C(O)c1ccccc1)Nc1ccc(Cl)cc1. The topological polar surface area (TPSA) is 67.2 Å². The molecule has 2 N–H and O–H groups in total. The normalized spacial score (nSPS) is 11.9. The zero-order chi connectivity index (χ0) is 16.9. The number of amides is 1. The summed E-state index contributed by atoms with van der Waals surface area (Å²) in [6.07, 6.45) is 2.35. The highest BCUT2D eigenvalue weighted by Crippen LogP contribution is 2.20. The molecule has 1 aromatic heterocycles. The molecule has 122 valence electrons. The van der Waals surface area contributed by atoms with Crippen molar-refractivity contribution in [2.75, 3.05) is 5.32 Å². The van der Waals surface area contributed by atoms with Gasteiger partial charge in [0.15, 0.2) is 0 Å². The lowest BCUT2D eigenvalue weighted by molar-refractivity contribution is -0.116. The van der Waals surface area contributed by atoms with E-state index in [0.717, 1.165) is 5.56 Å². The highest BCUT2D eigenvalue weighted by molar-refractivity contribution is 6.30. The minimum atomic E-state index is -0.885. The number of carbonyl (C=O) groups excluding carboxylic acids is 1. The van der Waals surface area contributed by atoms with Crippen LogP contribution in [-0.2, 0) is 11.3 Å². The van der Waals surface area contributed by atoms with Gasteiger partial charge in [0.05, 0.1) is 0 Å². The van der Waals surface area contributed by atoms with Crippen molar-refractivity contribution in [2.24, 2.45) is 0 Å². The maximum absolute atomic E-state index is 12.2. The van der Waals surface area contributed by atoms with Gasteiger partial charge in [-0.15, -0.1) is 0 Å². The molecule has 3 rings (SSSR count). The molecule has 1 unspecified atom stereocenters. The maximum atomic E-state index is 12.2. The van der Waals surface area contributed by atoms with Crippen LogP contribution in [0.1, 0.15) is 17.5 Å². The Balaban J connectivity index is 1.71. The first-order valence-electron chi connectivity index (χ1n) is 7.43. The average molecular weight is 342 g/mol. The number of nitrogens with one attached hydrogen (secondary N) is 1. The van der Waals surface area contributed by atoms with E-state index in [9.17, 15) is 9.90 Å². The van der Waals surface area contributed by atoms with Crippen molar-refractivity contribution in [3.05, 3.63) is 83.4 Å². The van der Waals surface area contributed by atoms with Crippen LogP contribution in [0.4, 0.5) is 5.69 Å². The second-order valence-electron chi connectivity index (χ2n) is 5.28. The number of nitrogens with zero attached hydrogens (tertiary/aromatic N) is 2. The number of carbonyl (C=O) groups is 1. The fraction of sp³-hybridized carbons (Fsp3) is 0.111. The standard InChI is InChI=1S/C18H16ClN3O2/c19-14-6-8-15(9-7-14)21-16(23)12-22-11-10-20-18(22)17(24)13-4-2-1-3-5-13/h1-11,17,24H,12H2,(H,21,23). The summed E-state index contributed by atoms with van der Waals surface area (Å²) in [5.41, 5.74) is 1.39. The third-order valence-corrected chi connectivity index (χ3v) is 3.80. The Hall–Kier alpha value is -2.63.